The number of benzene rings is 1. The van der Waals surface area contributed by atoms with Gasteiger partial charge in [-0.1, -0.05) is 6.92 Å². The molecule has 7 heteroatoms. The van der Waals surface area contributed by atoms with E-state index in [1.165, 1.54) is 12.1 Å². The predicted molar refractivity (Wildman–Crippen MR) is 70.7 cm³/mol. The Balaban J connectivity index is 2.60. The van der Waals surface area contributed by atoms with Crippen molar-refractivity contribution >= 4 is 11.4 Å². The maximum Gasteiger partial charge on any atom is 0.347 e. The van der Waals surface area contributed by atoms with E-state index in [0.717, 1.165) is 18.1 Å². The molecule has 0 amide bonds. The fourth-order valence-corrected chi connectivity index (χ4v) is 1.87. The first-order valence-corrected chi connectivity index (χ1v) is 5.96. The van der Waals surface area contributed by atoms with Crippen LogP contribution >= 0.6 is 0 Å². The van der Waals surface area contributed by atoms with Crippen LogP contribution in [0.1, 0.15) is 12.5 Å². The third-order valence-corrected chi connectivity index (χ3v) is 2.91. The Morgan fingerprint density at radius 2 is 1.90 bits per heavy atom. The quantitative estimate of drug-likeness (QED) is 0.486. The summed E-state index contributed by atoms with van der Waals surface area (Å²) in [5.74, 6) is 0. The molecule has 0 aliphatic rings. The molecular formula is C13H12N3O4+. The minimum atomic E-state index is -0.649. The summed E-state index contributed by atoms with van der Waals surface area (Å²) in [4.78, 5) is 20.5. The molecule has 0 aliphatic carbocycles. The summed E-state index contributed by atoms with van der Waals surface area (Å²) in [7, 11) is 0. The second-order valence-corrected chi connectivity index (χ2v) is 4.16. The largest absolute Gasteiger partial charge is 0.347 e. The molecule has 2 aromatic rings. The molecule has 0 spiro atoms. The summed E-state index contributed by atoms with van der Waals surface area (Å²) in [5, 5.41) is 21.8. The van der Waals surface area contributed by atoms with Crippen molar-refractivity contribution in [2.24, 2.45) is 0 Å². The van der Waals surface area contributed by atoms with Gasteiger partial charge in [0, 0.05) is 23.8 Å². The number of hydrogen-bond acceptors (Lipinski definition) is 4. The highest BCUT2D eigenvalue weighted by molar-refractivity contribution is 5.53. The number of nitro benzene ring substituents is 2. The summed E-state index contributed by atoms with van der Waals surface area (Å²) < 4.78 is 1.60. The number of rotatable bonds is 4. The van der Waals surface area contributed by atoms with E-state index in [-0.39, 0.29) is 11.4 Å². The first kappa shape index (κ1) is 13.6. The van der Waals surface area contributed by atoms with Crippen molar-refractivity contribution in [3.8, 4) is 5.69 Å². The van der Waals surface area contributed by atoms with Gasteiger partial charge in [0.2, 0.25) is 0 Å². The van der Waals surface area contributed by atoms with Crippen molar-refractivity contribution in [3.63, 3.8) is 0 Å². The van der Waals surface area contributed by atoms with Gasteiger partial charge in [0.15, 0.2) is 12.4 Å². The summed E-state index contributed by atoms with van der Waals surface area (Å²) in [6, 6.07) is 7.31. The Bertz CT molecular complexity index is 685. The van der Waals surface area contributed by atoms with Gasteiger partial charge >= 0.3 is 5.69 Å². The molecule has 1 aromatic carbocycles. The van der Waals surface area contributed by atoms with E-state index in [4.69, 9.17) is 0 Å². The van der Waals surface area contributed by atoms with Crippen LogP contribution in [-0.2, 0) is 6.42 Å². The van der Waals surface area contributed by atoms with Crippen molar-refractivity contribution in [2.75, 3.05) is 0 Å². The van der Waals surface area contributed by atoms with Gasteiger partial charge in [-0.15, -0.1) is 0 Å². The van der Waals surface area contributed by atoms with E-state index in [1.54, 1.807) is 23.0 Å². The Morgan fingerprint density at radius 3 is 2.50 bits per heavy atom. The van der Waals surface area contributed by atoms with Crippen LogP contribution in [0, 0.1) is 20.2 Å². The molecule has 0 aliphatic heterocycles. The molecule has 102 valence electrons. The lowest BCUT2D eigenvalue weighted by atomic mass is 10.2. The average Bonchev–Trinajstić information content (AvgIpc) is 2.46. The van der Waals surface area contributed by atoms with Crippen molar-refractivity contribution in [3.05, 3.63) is 68.5 Å². The van der Waals surface area contributed by atoms with Crippen LogP contribution in [0.3, 0.4) is 0 Å². The molecule has 1 heterocycles. The van der Waals surface area contributed by atoms with Crippen LogP contribution in [-0.4, -0.2) is 9.85 Å². The number of hydrogen-bond donors (Lipinski definition) is 0. The van der Waals surface area contributed by atoms with Crippen molar-refractivity contribution in [2.45, 2.75) is 13.3 Å². The standard InChI is InChI=1S/C13H12N3O4/c1-2-10-4-3-7-14(9-10)12-6-5-11(15(17)18)8-13(12)16(19)20/h3-9H,2H2,1H3/q+1. The Hall–Kier alpha value is -2.83. The Labute approximate surface area is 114 Å². The second-order valence-electron chi connectivity index (χ2n) is 4.16. The normalized spacial score (nSPS) is 10.2. The molecule has 2 rings (SSSR count). The molecule has 1 aromatic heterocycles. The Morgan fingerprint density at radius 1 is 1.15 bits per heavy atom. The van der Waals surface area contributed by atoms with E-state index in [9.17, 15) is 20.2 Å². The third kappa shape index (κ3) is 2.61. The molecule has 0 radical (unpaired) electrons. The number of aryl methyl sites for hydroxylation is 1. The van der Waals surface area contributed by atoms with Gasteiger partial charge in [-0.2, -0.15) is 4.57 Å². The number of nitrogens with zero attached hydrogens (tertiary/aromatic N) is 3. The predicted octanol–water partition coefficient (Wildman–Crippen LogP) is 2.34. The highest BCUT2D eigenvalue weighted by Crippen LogP contribution is 2.24. The topological polar surface area (TPSA) is 90.2 Å². The number of pyridine rings is 1. The minimum absolute atomic E-state index is 0.294. The zero-order valence-electron chi connectivity index (χ0n) is 10.7. The molecule has 0 saturated heterocycles. The van der Waals surface area contributed by atoms with E-state index in [1.807, 2.05) is 13.0 Å². The second kappa shape index (κ2) is 5.43. The SMILES string of the molecule is CCc1ccc[n+](-c2ccc([N+](=O)[O-])cc2[N+](=O)[O-])c1. The van der Waals surface area contributed by atoms with Gasteiger partial charge in [-0.25, -0.2) is 0 Å². The van der Waals surface area contributed by atoms with Gasteiger partial charge in [0.05, 0.1) is 9.85 Å². The summed E-state index contributed by atoms with van der Waals surface area (Å²) >= 11 is 0. The van der Waals surface area contributed by atoms with Crippen LogP contribution in [0.4, 0.5) is 11.4 Å². The third-order valence-electron chi connectivity index (χ3n) is 2.91. The molecule has 0 saturated carbocycles. The Kier molecular flexibility index (Phi) is 3.69. The van der Waals surface area contributed by atoms with Gasteiger partial charge in [-0.05, 0) is 12.5 Å². The van der Waals surface area contributed by atoms with E-state index >= 15 is 0 Å². The smallest absolute Gasteiger partial charge is 0.258 e. The van der Waals surface area contributed by atoms with Crippen LogP contribution in [0.5, 0.6) is 0 Å². The monoisotopic (exact) mass is 274 g/mol. The lowest BCUT2D eigenvalue weighted by Crippen LogP contribution is -2.31. The van der Waals surface area contributed by atoms with Crippen LogP contribution < -0.4 is 4.57 Å². The number of nitro groups is 2. The van der Waals surface area contributed by atoms with Crippen LogP contribution in [0.25, 0.3) is 5.69 Å². The zero-order valence-corrected chi connectivity index (χ0v) is 10.7. The van der Waals surface area contributed by atoms with E-state index in [2.05, 4.69) is 0 Å². The fraction of sp³-hybridized carbons (Fsp3) is 0.154. The van der Waals surface area contributed by atoms with Crippen LogP contribution in [0.15, 0.2) is 42.7 Å². The lowest BCUT2D eigenvalue weighted by Gasteiger charge is -1.99. The molecule has 20 heavy (non-hydrogen) atoms. The summed E-state index contributed by atoms with van der Waals surface area (Å²) in [5.41, 5.74) is 0.723. The molecule has 0 unspecified atom stereocenters. The van der Waals surface area contributed by atoms with Crippen LogP contribution in [0.2, 0.25) is 0 Å². The van der Waals surface area contributed by atoms with Crippen molar-refractivity contribution < 1.29 is 14.4 Å². The van der Waals surface area contributed by atoms with Gasteiger partial charge in [0.25, 0.3) is 11.4 Å². The molecule has 0 N–H and O–H groups in total. The molecule has 0 bridgehead atoms. The first-order chi connectivity index (χ1) is 9.52. The maximum atomic E-state index is 11.1. The number of aromatic nitrogens is 1. The summed E-state index contributed by atoms with van der Waals surface area (Å²) in [6.07, 6.45) is 4.24. The van der Waals surface area contributed by atoms with E-state index in [0.29, 0.717) is 5.69 Å². The highest BCUT2D eigenvalue weighted by Gasteiger charge is 2.26. The van der Waals surface area contributed by atoms with Gasteiger partial charge in [-0.3, -0.25) is 20.2 Å². The zero-order chi connectivity index (χ0) is 14.7. The molecule has 7 nitrogen and oxygen atoms in total. The van der Waals surface area contributed by atoms with Gasteiger partial charge < -0.3 is 0 Å². The number of non-ortho nitro benzene ring substituents is 1. The molecular weight excluding hydrogens is 262 g/mol. The lowest BCUT2D eigenvalue weighted by molar-refractivity contribution is -0.601. The van der Waals surface area contributed by atoms with Crippen molar-refractivity contribution in [1.82, 2.24) is 0 Å². The molecule has 0 fully saturated rings. The van der Waals surface area contributed by atoms with Gasteiger partial charge in [0.1, 0.15) is 6.07 Å². The first-order valence-electron chi connectivity index (χ1n) is 5.96. The average molecular weight is 274 g/mol. The molecule has 0 atom stereocenters. The van der Waals surface area contributed by atoms with Crippen molar-refractivity contribution in [1.29, 1.82) is 0 Å². The highest BCUT2D eigenvalue weighted by atomic mass is 16.6. The summed E-state index contributed by atoms with van der Waals surface area (Å²) in [6.45, 7) is 1.98. The van der Waals surface area contributed by atoms with E-state index < -0.39 is 9.85 Å². The fourth-order valence-electron chi connectivity index (χ4n) is 1.87. The minimum Gasteiger partial charge on any atom is -0.258 e. The maximum absolute atomic E-state index is 11.1.